The largest absolute Gasteiger partial charge is 0.338 e. The second kappa shape index (κ2) is 6.38. The van der Waals surface area contributed by atoms with E-state index < -0.39 is 0 Å². The van der Waals surface area contributed by atoms with Crippen molar-refractivity contribution in [3.63, 3.8) is 0 Å². The predicted octanol–water partition coefficient (Wildman–Crippen LogP) is 2.50. The highest BCUT2D eigenvalue weighted by molar-refractivity contribution is 5.78. The molecule has 0 aromatic carbocycles. The number of carbonyl (C=O) groups is 1. The number of aryl methyl sites for hydroxylation is 2. The average molecular weight is 208 g/mol. The highest BCUT2D eigenvalue weighted by Crippen LogP contribution is 2.05. The number of aromatic nitrogens is 2. The summed E-state index contributed by atoms with van der Waals surface area (Å²) in [5.74, 6) is 1.37. The summed E-state index contributed by atoms with van der Waals surface area (Å²) in [6, 6.07) is 0. The number of unbranched alkanes of at least 4 members (excludes halogenated alkanes) is 2. The number of rotatable bonds is 7. The summed E-state index contributed by atoms with van der Waals surface area (Å²) in [5, 5.41) is 0. The molecule has 1 heterocycles. The van der Waals surface area contributed by atoms with E-state index in [0.29, 0.717) is 12.2 Å². The molecule has 0 aliphatic heterocycles. The number of nitrogens with zero attached hydrogens (tertiary/aromatic N) is 2. The lowest BCUT2D eigenvalue weighted by molar-refractivity contribution is -0.119. The Morgan fingerprint density at radius 2 is 2.20 bits per heavy atom. The van der Waals surface area contributed by atoms with E-state index in [-0.39, 0.29) is 0 Å². The molecule has 1 aromatic rings. The Morgan fingerprint density at radius 1 is 1.40 bits per heavy atom. The second-order valence-corrected chi connectivity index (χ2v) is 3.95. The van der Waals surface area contributed by atoms with Crippen LogP contribution >= 0.6 is 0 Å². The van der Waals surface area contributed by atoms with E-state index in [9.17, 15) is 4.79 Å². The maximum Gasteiger partial charge on any atom is 0.133 e. The van der Waals surface area contributed by atoms with Crippen LogP contribution in [0.5, 0.6) is 0 Å². The van der Waals surface area contributed by atoms with Crippen LogP contribution in [-0.4, -0.2) is 15.3 Å². The van der Waals surface area contributed by atoms with Crippen LogP contribution in [0.2, 0.25) is 0 Å². The fourth-order valence-corrected chi connectivity index (χ4v) is 1.59. The van der Waals surface area contributed by atoms with Crippen LogP contribution in [0, 0.1) is 0 Å². The first-order chi connectivity index (χ1) is 7.24. The number of hydrogen-bond acceptors (Lipinski definition) is 2. The Hall–Kier alpha value is -1.12. The quantitative estimate of drug-likeness (QED) is 0.645. The number of carbonyl (C=O) groups excluding carboxylic acids is 1. The van der Waals surface area contributed by atoms with Crippen LogP contribution in [0.4, 0.5) is 0 Å². The molecule has 0 atom stereocenters. The first kappa shape index (κ1) is 12.0. The Morgan fingerprint density at radius 3 is 2.80 bits per heavy atom. The third-order valence-electron chi connectivity index (χ3n) is 2.61. The van der Waals surface area contributed by atoms with Crippen molar-refractivity contribution in [3.8, 4) is 0 Å². The minimum atomic E-state index is 0.367. The molecule has 0 spiro atoms. The molecular weight excluding hydrogens is 188 g/mol. The molecule has 0 aliphatic carbocycles. The van der Waals surface area contributed by atoms with Gasteiger partial charge in [-0.25, -0.2) is 4.98 Å². The van der Waals surface area contributed by atoms with Crippen molar-refractivity contribution in [2.24, 2.45) is 7.05 Å². The zero-order valence-corrected chi connectivity index (χ0v) is 9.70. The van der Waals surface area contributed by atoms with Gasteiger partial charge in [0.1, 0.15) is 11.6 Å². The molecule has 15 heavy (non-hydrogen) atoms. The van der Waals surface area contributed by atoms with Crippen molar-refractivity contribution in [2.75, 3.05) is 0 Å². The molecule has 0 radical (unpaired) electrons. The van der Waals surface area contributed by atoms with Gasteiger partial charge >= 0.3 is 0 Å². The summed E-state index contributed by atoms with van der Waals surface area (Å²) in [6.07, 6.45) is 9.20. The van der Waals surface area contributed by atoms with E-state index in [1.54, 1.807) is 6.20 Å². The summed E-state index contributed by atoms with van der Waals surface area (Å²) in [7, 11) is 1.96. The lowest BCUT2D eigenvalue weighted by Gasteiger charge is -2.01. The highest BCUT2D eigenvalue weighted by Gasteiger charge is 2.04. The van der Waals surface area contributed by atoms with Crippen LogP contribution in [0.3, 0.4) is 0 Å². The van der Waals surface area contributed by atoms with Crippen LogP contribution in [0.15, 0.2) is 12.4 Å². The van der Waals surface area contributed by atoms with Crippen molar-refractivity contribution >= 4 is 5.78 Å². The standard InChI is InChI=1S/C12H20N2O/c1-3-4-5-6-11(15)7-8-12-13-9-10-14(12)2/h9-10H,3-8H2,1-2H3. The Kier molecular flexibility index (Phi) is 5.08. The molecule has 0 N–H and O–H groups in total. The maximum atomic E-state index is 11.5. The van der Waals surface area contributed by atoms with Crippen LogP contribution in [0.25, 0.3) is 0 Å². The summed E-state index contributed by atoms with van der Waals surface area (Å²) in [6.45, 7) is 2.15. The van der Waals surface area contributed by atoms with E-state index in [1.165, 1.54) is 6.42 Å². The van der Waals surface area contributed by atoms with Crippen LogP contribution in [0.1, 0.15) is 44.9 Å². The van der Waals surface area contributed by atoms with Crippen molar-refractivity contribution in [2.45, 2.75) is 45.4 Å². The Labute approximate surface area is 91.5 Å². The van der Waals surface area contributed by atoms with Crippen LogP contribution in [-0.2, 0) is 18.3 Å². The molecule has 1 rings (SSSR count). The summed E-state index contributed by atoms with van der Waals surface area (Å²) in [5.41, 5.74) is 0. The van der Waals surface area contributed by atoms with Crippen molar-refractivity contribution < 1.29 is 4.79 Å². The van der Waals surface area contributed by atoms with Gasteiger partial charge in [-0.1, -0.05) is 19.8 Å². The van der Waals surface area contributed by atoms with E-state index in [4.69, 9.17) is 0 Å². The molecule has 1 aromatic heterocycles. The fraction of sp³-hybridized carbons (Fsp3) is 0.667. The first-order valence-corrected chi connectivity index (χ1v) is 5.72. The van der Waals surface area contributed by atoms with E-state index in [2.05, 4.69) is 11.9 Å². The lowest BCUT2D eigenvalue weighted by atomic mass is 10.1. The normalized spacial score (nSPS) is 10.5. The van der Waals surface area contributed by atoms with E-state index in [0.717, 1.165) is 31.5 Å². The number of ketones is 1. The SMILES string of the molecule is CCCCCC(=O)CCc1nccn1C. The molecule has 0 saturated carbocycles. The molecule has 0 amide bonds. The van der Waals surface area contributed by atoms with E-state index >= 15 is 0 Å². The molecule has 0 bridgehead atoms. The van der Waals surface area contributed by atoms with Gasteiger partial charge in [-0.05, 0) is 6.42 Å². The van der Waals surface area contributed by atoms with Gasteiger partial charge in [0.25, 0.3) is 0 Å². The van der Waals surface area contributed by atoms with Crippen molar-refractivity contribution in [1.29, 1.82) is 0 Å². The second-order valence-electron chi connectivity index (χ2n) is 3.95. The molecule has 0 unspecified atom stereocenters. The summed E-state index contributed by atoms with van der Waals surface area (Å²) in [4.78, 5) is 15.7. The zero-order valence-electron chi connectivity index (χ0n) is 9.70. The van der Waals surface area contributed by atoms with Gasteiger partial charge in [0.2, 0.25) is 0 Å². The van der Waals surface area contributed by atoms with Gasteiger partial charge in [0.05, 0.1) is 0 Å². The number of imidazole rings is 1. The van der Waals surface area contributed by atoms with Crippen molar-refractivity contribution in [3.05, 3.63) is 18.2 Å². The molecule has 0 saturated heterocycles. The molecule has 84 valence electrons. The molecule has 0 aliphatic rings. The predicted molar refractivity (Wildman–Crippen MR) is 60.7 cm³/mol. The van der Waals surface area contributed by atoms with Gasteiger partial charge in [-0.2, -0.15) is 0 Å². The summed E-state index contributed by atoms with van der Waals surface area (Å²) < 4.78 is 1.97. The fourth-order valence-electron chi connectivity index (χ4n) is 1.59. The first-order valence-electron chi connectivity index (χ1n) is 5.72. The average Bonchev–Trinajstić information content (AvgIpc) is 2.61. The minimum absolute atomic E-state index is 0.367. The topological polar surface area (TPSA) is 34.9 Å². The zero-order chi connectivity index (χ0) is 11.1. The van der Waals surface area contributed by atoms with Crippen molar-refractivity contribution in [1.82, 2.24) is 9.55 Å². The maximum absolute atomic E-state index is 11.5. The Bertz CT molecular complexity index is 304. The van der Waals surface area contributed by atoms with Crippen LogP contribution < -0.4 is 0 Å². The van der Waals surface area contributed by atoms with Gasteiger partial charge in [0.15, 0.2) is 0 Å². The monoisotopic (exact) mass is 208 g/mol. The van der Waals surface area contributed by atoms with E-state index in [1.807, 2.05) is 17.8 Å². The summed E-state index contributed by atoms with van der Waals surface area (Å²) >= 11 is 0. The van der Waals surface area contributed by atoms with Gasteiger partial charge in [-0.3, -0.25) is 4.79 Å². The van der Waals surface area contributed by atoms with Gasteiger partial charge < -0.3 is 4.57 Å². The number of hydrogen-bond donors (Lipinski definition) is 0. The molecular formula is C12H20N2O. The molecule has 0 fully saturated rings. The third kappa shape index (κ3) is 4.28. The van der Waals surface area contributed by atoms with Gasteiger partial charge in [0, 0.05) is 38.7 Å². The smallest absolute Gasteiger partial charge is 0.133 e. The lowest BCUT2D eigenvalue weighted by Crippen LogP contribution is -2.04. The number of Topliss-reactive ketones (excluding diaryl/α,β-unsaturated/α-hetero) is 1. The Balaban J connectivity index is 2.20. The molecule has 3 nitrogen and oxygen atoms in total. The van der Waals surface area contributed by atoms with Gasteiger partial charge in [-0.15, -0.1) is 0 Å². The minimum Gasteiger partial charge on any atom is -0.338 e. The molecule has 3 heteroatoms. The highest BCUT2D eigenvalue weighted by atomic mass is 16.1. The third-order valence-corrected chi connectivity index (χ3v) is 2.61.